The van der Waals surface area contributed by atoms with Crippen LogP contribution in [0.1, 0.15) is 0 Å². The Morgan fingerprint density at radius 2 is 1.47 bits per heavy atom. The molecule has 0 aliphatic rings. The lowest BCUT2D eigenvalue weighted by Crippen LogP contribution is -1.70. The fourth-order valence-corrected chi connectivity index (χ4v) is 1.72. The Morgan fingerprint density at radius 3 is 2.07 bits per heavy atom. The average Bonchev–Trinajstić information content (AvgIpc) is 2.80. The van der Waals surface area contributed by atoms with Gasteiger partial charge in [0.2, 0.25) is 0 Å². The molecule has 2 nitrogen and oxygen atoms in total. The number of hydrogen-bond donors (Lipinski definition) is 0. The van der Waals surface area contributed by atoms with Crippen LogP contribution in [0, 0.1) is 0 Å². The first kappa shape index (κ1) is 9.80. The SMILES string of the molecule is c1ccccc1.c1cnc2ncsc2c1. The van der Waals surface area contributed by atoms with E-state index in [0.717, 1.165) is 10.3 Å². The summed E-state index contributed by atoms with van der Waals surface area (Å²) in [6, 6.07) is 15.9. The van der Waals surface area contributed by atoms with Crippen molar-refractivity contribution in [2.75, 3.05) is 0 Å². The van der Waals surface area contributed by atoms with Crippen LogP contribution in [0.25, 0.3) is 10.3 Å². The van der Waals surface area contributed by atoms with Gasteiger partial charge in [0.15, 0.2) is 5.65 Å². The number of thiazole rings is 1. The Labute approximate surface area is 92.3 Å². The van der Waals surface area contributed by atoms with Crippen LogP contribution in [0.5, 0.6) is 0 Å². The van der Waals surface area contributed by atoms with E-state index in [2.05, 4.69) is 9.97 Å². The predicted octanol–water partition coefficient (Wildman–Crippen LogP) is 3.38. The highest BCUT2D eigenvalue weighted by Gasteiger charge is 1.91. The summed E-state index contributed by atoms with van der Waals surface area (Å²) in [5.74, 6) is 0. The van der Waals surface area contributed by atoms with Gasteiger partial charge in [-0.05, 0) is 12.1 Å². The number of pyridine rings is 1. The summed E-state index contributed by atoms with van der Waals surface area (Å²) >= 11 is 1.61. The van der Waals surface area contributed by atoms with Crippen LogP contribution in [-0.4, -0.2) is 9.97 Å². The van der Waals surface area contributed by atoms with Gasteiger partial charge in [-0.15, -0.1) is 11.3 Å². The highest BCUT2D eigenvalue weighted by atomic mass is 32.1. The highest BCUT2D eigenvalue weighted by molar-refractivity contribution is 7.16. The molecular weight excluding hydrogens is 204 g/mol. The van der Waals surface area contributed by atoms with Crippen LogP contribution in [0.3, 0.4) is 0 Å². The zero-order chi connectivity index (χ0) is 10.3. The van der Waals surface area contributed by atoms with Gasteiger partial charge < -0.3 is 0 Å². The summed E-state index contributed by atoms with van der Waals surface area (Å²) in [4.78, 5) is 8.07. The lowest BCUT2D eigenvalue weighted by atomic mass is 10.4. The van der Waals surface area contributed by atoms with Gasteiger partial charge >= 0.3 is 0 Å². The molecule has 3 rings (SSSR count). The molecule has 74 valence electrons. The molecule has 0 bridgehead atoms. The molecule has 0 radical (unpaired) electrons. The molecule has 2 heterocycles. The maximum atomic E-state index is 4.04. The Bertz CT molecular complexity index is 448. The minimum atomic E-state index is 0.850. The zero-order valence-electron chi connectivity index (χ0n) is 8.08. The molecule has 0 saturated carbocycles. The first-order chi connectivity index (χ1) is 7.47. The molecule has 0 fully saturated rings. The molecular formula is C12H10N2S. The second-order valence-corrected chi connectivity index (χ2v) is 3.72. The summed E-state index contributed by atoms with van der Waals surface area (Å²) in [5.41, 5.74) is 2.65. The highest BCUT2D eigenvalue weighted by Crippen LogP contribution is 2.12. The molecule has 3 heteroatoms. The van der Waals surface area contributed by atoms with E-state index in [4.69, 9.17) is 0 Å². The fourth-order valence-electron chi connectivity index (χ4n) is 1.09. The first-order valence-corrected chi connectivity index (χ1v) is 5.49. The van der Waals surface area contributed by atoms with Gasteiger partial charge in [0.25, 0.3) is 0 Å². The van der Waals surface area contributed by atoms with Gasteiger partial charge in [0.1, 0.15) is 0 Å². The van der Waals surface area contributed by atoms with Crippen LogP contribution >= 0.6 is 11.3 Å². The second kappa shape index (κ2) is 5.22. The summed E-state index contributed by atoms with van der Waals surface area (Å²) in [6.45, 7) is 0. The van der Waals surface area contributed by atoms with E-state index in [-0.39, 0.29) is 0 Å². The summed E-state index contributed by atoms with van der Waals surface area (Å²) in [5, 5.41) is 0. The van der Waals surface area contributed by atoms with E-state index in [9.17, 15) is 0 Å². The Hall–Kier alpha value is -1.74. The number of aromatic nitrogens is 2. The molecule has 0 N–H and O–H groups in total. The van der Waals surface area contributed by atoms with Crippen molar-refractivity contribution in [3.63, 3.8) is 0 Å². The van der Waals surface area contributed by atoms with Crippen molar-refractivity contribution in [2.24, 2.45) is 0 Å². The van der Waals surface area contributed by atoms with Gasteiger partial charge in [-0.1, -0.05) is 36.4 Å². The van der Waals surface area contributed by atoms with Crippen molar-refractivity contribution in [3.05, 3.63) is 60.2 Å². The maximum Gasteiger partial charge on any atom is 0.170 e. The van der Waals surface area contributed by atoms with E-state index in [1.54, 1.807) is 23.0 Å². The quantitative estimate of drug-likeness (QED) is 0.573. The van der Waals surface area contributed by atoms with Crippen LogP contribution in [-0.2, 0) is 0 Å². The van der Waals surface area contributed by atoms with Gasteiger partial charge in [-0.25, -0.2) is 9.97 Å². The van der Waals surface area contributed by atoms with Crippen molar-refractivity contribution >= 4 is 21.7 Å². The Kier molecular flexibility index (Phi) is 3.41. The number of benzene rings is 1. The van der Waals surface area contributed by atoms with Gasteiger partial charge in [-0.2, -0.15) is 0 Å². The predicted molar refractivity (Wildman–Crippen MR) is 63.9 cm³/mol. The van der Waals surface area contributed by atoms with E-state index < -0.39 is 0 Å². The molecule has 0 spiro atoms. The third kappa shape index (κ3) is 2.86. The number of rotatable bonds is 0. The second-order valence-electron chi connectivity index (χ2n) is 2.83. The lowest BCUT2D eigenvalue weighted by Gasteiger charge is -1.79. The van der Waals surface area contributed by atoms with Gasteiger partial charge in [-0.3, -0.25) is 0 Å². The smallest absolute Gasteiger partial charge is 0.170 e. The zero-order valence-corrected chi connectivity index (χ0v) is 8.89. The van der Waals surface area contributed by atoms with Crippen LogP contribution in [0.15, 0.2) is 60.2 Å². The van der Waals surface area contributed by atoms with E-state index >= 15 is 0 Å². The van der Waals surface area contributed by atoms with Crippen molar-refractivity contribution in [1.82, 2.24) is 9.97 Å². The number of nitrogens with zero attached hydrogens (tertiary/aromatic N) is 2. The summed E-state index contributed by atoms with van der Waals surface area (Å²) in [7, 11) is 0. The Morgan fingerprint density at radius 1 is 0.800 bits per heavy atom. The van der Waals surface area contributed by atoms with Crippen molar-refractivity contribution < 1.29 is 0 Å². The molecule has 3 aromatic rings. The molecule has 0 saturated heterocycles. The molecule has 0 aliphatic carbocycles. The minimum Gasteiger partial charge on any atom is -0.236 e. The summed E-state index contributed by atoms with van der Waals surface area (Å²) in [6.07, 6.45) is 1.75. The van der Waals surface area contributed by atoms with Crippen LogP contribution in [0.2, 0.25) is 0 Å². The van der Waals surface area contributed by atoms with E-state index in [0.29, 0.717) is 0 Å². The Balaban J connectivity index is 0.000000124. The van der Waals surface area contributed by atoms with Crippen molar-refractivity contribution in [2.45, 2.75) is 0 Å². The first-order valence-electron chi connectivity index (χ1n) is 4.61. The normalized spacial score (nSPS) is 9.33. The third-order valence-corrected chi connectivity index (χ3v) is 2.56. The van der Waals surface area contributed by atoms with Crippen LogP contribution in [0.4, 0.5) is 0 Å². The van der Waals surface area contributed by atoms with Gasteiger partial charge in [0.05, 0.1) is 10.2 Å². The van der Waals surface area contributed by atoms with E-state index in [1.165, 1.54) is 0 Å². The molecule has 1 aromatic carbocycles. The fraction of sp³-hybridized carbons (Fsp3) is 0. The minimum absolute atomic E-state index is 0.850. The molecule has 15 heavy (non-hydrogen) atoms. The number of hydrogen-bond acceptors (Lipinski definition) is 3. The number of fused-ring (bicyclic) bond motifs is 1. The standard InChI is InChI=1S/C6H4N2S.C6H6/c1-2-5-6(7-3-1)8-4-9-5;1-2-4-6-5-3-1/h1-4H;1-6H. The molecule has 0 amide bonds. The van der Waals surface area contributed by atoms with Crippen molar-refractivity contribution in [3.8, 4) is 0 Å². The topological polar surface area (TPSA) is 25.8 Å². The van der Waals surface area contributed by atoms with Gasteiger partial charge in [0, 0.05) is 6.20 Å². The molecule has 0 atom stereocenters. The molecule has 2 aromatic heterocycles. The summed E-state index contributed by atoms with van der Waals surface area (Å²) < 4.78 is 1.15. The molecule has 0 unspecified atom stereocenters. The molecule has 0 aliphatic heterocycles. The van der Waals surface area contributed by atoms with Crippen LogP contribution < -0.4 is 0 Å². The van der Waals surface area contributed by atoms with Crippen molar-refractivity contribution in [1.29, 1.82) is 0 Å². The third-order valence-electron chi connectivity index (χ3n) is 1.77. The maximum absolute atomic E-state index is 4.04. The average molecular weight is 214 g/mol. The van der Waals surface area contributed by atoms with E-state index in [1.807, 2.05) is 48.5 Å². The lowest BCUT2D eigenvalue weighted by molar-refractivity contribution is 1.33. The monoisotopic (exact) mass is 214 g/mol. The largest absolute Gasteiger partial charge is 0.236 e.